The van der Waals surface area contributed by atoms with E-state index in [9.17, 15) is 14.0 Å². The van der Waals surface area contributed by atoms with Gasteiger partial charge in [-0.05, 0) is 18.9 Å². The van der Waals surface area contributed by atoms with Gasteiger partial charge in [0.05, 0.1) is 25.7 Å². The summed E-state index contributed by atoms with van der Waals surface area (Å²) >= 11 is 0. The molecule has 1 atom stereocenters. The van der Waals surface area contributed by atoms with E-state index in [1.165, 1.54) is 13.2 Å². The largest absolute Gasteiger partial charge is 0.497 e. The lowest BCUT2D eigenvalue weighted by Gasteiger charge is -2.37. The number of ether oxygens (including phenoxy) is 2. The number of piperazine rings is 1. The third-order valence-corrected chi connectivity index (χ3v) is 5.57. The summed E-state index contributed by atoms with van der Waals surface area (Å²) in [5, 5.41) is 2.82. The Kier molecular flexibility index (Phi) is 6.85. The first-order valence-electron chi connectivity index (χ1n) is 9.66. The van der Waals surface area contributed by atoms with Crippen LogP contribution in [0.5, 0.6) is 5.75 Å². The quantitative estimate of drug-likeness (QED) is 0.786. The van der Waals surface area contributed by atoms with Crippen molar-refractivity contribution in [1.29, 1.82) is 0 Å². The Morgan fingerprint density at radius 3 is 2.64 bits per heavy atom. The lowest BCUT2D eigenvalue weighted by Crippen LogP contribution is -2.56. The fourth-order valence-corrected chi connectivity index (χ4v) is 3.81. The molecule has 1 unspecified atom stereocenters. The first-order chi connectivity index (χ1) is 13.5. The Bertz CT molecular complexity index is 707. The fourth-order valence-electron chi connectivity index (χ4n) is 3.81. The van der Waals surface area contributed by atoms with Crippen molar-refractivity contribution in [2.24, 2.45) is 0 Å². The summed E-state index contributed by atoms with van der Waals surface area (Å²) in [6.07, 6.45) is 1.90. The Morgan fingerprint density at radius 2 is 2.00 bits per heavy atom. The molecule has 2 amide bonds. The first kappa shape index (κ1) is 20.5. The minimum atomic E-state index is -0.595. The molecule has 2 fully saturated rings. The summed E-state index contributed by atoms with van der Waals surface area (Å²) in [6, 6.07) is 4.10. The van der Waals surface area contributed by atoms with Crippen LogP contribution in [-0.4, -0.2) is 74.2 Å². The van der Waals surface area contributed by atoms with Gasteiger partial charge in [0.15, 0.2) is 0 Å². The average molecular weight is 393 g/mol. The number of hydrogen-bond donors (Lipinski definition) is 1. The van der Waals surface area contributed by atoms with Crippen molar-refractivity contribution in [1.82, 2.24) is 15.1 Å². The van der Waals surface area contributed by atoms with Crippen LogP contribution < -0.4 is 10.1 Å². The van der Waals surface area contributed by atoms with Crippen LogP contribution in [0.4, 0.5) is 4.39 Å². The maximum absolute atomic E-state index is 14.3. The van der Waals surface area contributed by atoms with Gasteiger partial charge in [-0.2, -0.15) is 0 Å². The van der Waals surface area contributed by atoms with E-state index in [1.54, 1.807) is 24.1 Å². The molecule has 8 heteroatoms. The highest BCUT2D eigenvalue weighted by Gasteiger charge is 2.34. The van der Waals surface area contributed by atoms with Crippen LogP contribution in [0.15, 0.2) is 18.2 Å². The minimum Gasteiger partial charge on any atom is -0.497 e. The number of piperidine rings is 1. The number of benzene rings is 1. The van der Waals surface area contributed by atoms with Crippen LogP contribution >= 0.6 is 0 Å². The molecule has 0 saturated carbocycles. The molecule has 28 heavy (non-hydrogen) atoms. The molecule has 1 aromatic carbocycles. The third-order valence-electron chi connectivity index (χ3n) is 5.57. The molecular weight excluding hydrogens is 365 g/mol. The summed E-state index contributed by atoms with van der Waals surface area (Å²) < 4.78 is 24.7. The van der Waals surface area contributed by atoms with Crippen LogP contribution in [0.25, 0.3) is 0 Å². The summed E-state index contributed by atoms with van der Waals surface area (Å²) in [6.45, 7) is 2.60. The Morgan fingerprint density at radius 1 is 1.25 bits per heavy atom. The van der Waals surface area contributed by atoms with Crippen molar-refractivity contribution >= 4 is 11.8 Å². The van der Waals surface area contributed by atoms with Gasteiger partial charge in [-0.3, -0.25) is 14.5 Å². The highest BCUT2D eigenvalue weighted by molar-refractivity contribution is 5.88. The van der Waals surface area contributed by atoms with Crippen molar-refractivity contribution in [3.63, 3.8) is 0 Å². The molecule has 0 bridgehead atoms. The molecule has 1 aromatic rings. The van der Waals surface area contributed by atoms with E-state index in [-0.39, 0.29) is 36.7 Å². The Hall–Kier alpha value is -2.19. The van der Waals surface area contributed by atoms with E-state index in [0.29, 0.717) is 37.5 Å². The highest BCUT2D eigenvalue weighted by atomic mass is 19.1. The molecule has 1 N–H and O–H groups in total. The van der Waals surface area contributed by atoms with Gasteiger partial charge in [0, 0.05) is 51.5 Å². The van der Waals surface area contributed by atoms with Crippen molar-refractivity contribution in [2.75, 3.05) is 40.4 Å². The molecule has 3 rings (SSSR count). The maximum atomic E-state index is 14.3. The van der Waals surface area contributed by atoms with E-state index < -0.39 is 6.04 Å². The fraction of sp³-hybridized carbons (Fsp3) is 0.600. The summed E-state index contributed by atoms with van der Waals surface area (Å²) in [5.41, 5.74) is 0.480. The van der Waals surface area contributed by atoms with Gasteiger partial charge >= 0.3 is 0 Å². The van der Waals surface area contributed by atoms with Crippen LogP contribution in [0, 0.1) is 5.82 Å². The molecule has 2 aliphatic rings. The zero-order valence-electron chi connectivity index (χ0n) is 16.4. The second-order valence-electron chi connectivity index (χ2n) is 7.25. The molecule has 0 aliphatic carbocycles. The molecule has 2 heterocycles. The number of nitrogens with zero attached hydrogens (tertiary/aromatic N) is 2. The first-order valence-corrected chi connectivity index (χ1v) is 9.66. The third kappa shape index (κ3) is 4.80. The van der Waals surface area contributed by atoms with Gasteiger partial charge in [-0.1, -0.05) is 6.07 Å². The summed E-state index contributed by atoms with van der Waals surface area (Å²) in [7, 11) is 3.17. The second-order valence-corrected chi connectivity index (χ2v) is 7.25. The normalized spacial score (nSPS) is 21.5. The highest BCUT2D eigenvalue weighted by Crippen LogP contribution is 2.21. The number of likely N-dealkylation sites (tertiary alicyclic amines) is 1. The van der Waals surface area contributed by atoms with Crippen molar-refractivity contribution in [2.45, 2.75) is 38.0 Å². The number of rotatable bonds is 6. The molecule has 7 nitrogen and oxygen atoms in total. The van der Waals surface area contributed by atoms with Gasteiger partial charge in [0.2, 0.25) is 11.8 Å². The number of carbonyl (C=O) groups is 2. The molecule has 0 spiro atoms. The smallest absolute Gasteiger partial charge is 0.237 e. The van der Waals surface area contributed by atoms with Crippen molar-refractivity contribution < 1.29 is 23.5 Å². The molecule has 0 aromatic heterocycles. The molecule has 2 aliphatic heterocycles. The van der Waals surface area contributed by atoms with Crippen LogP contribution in [0.1, 0.15) is 24.8 Å². The second kappa shape index (κ2) is 9.34. The lowest BCUT2D eigenvalue weighted by molar-refractivity contribution is -0.140. The zero-order chi connectivity index (χ0) is 20.1. The van der Waals surface area contributed by atoms with Gasteiger partial charge in [-0.15, -0.1) is 0 Å². The number of nitrogens with one attached hydrogen (secondary N) is 1. The molecular formula is C20H28FN3O4. The van der Waals surface area contributed by atoms with E-state index >= 15 is 0 Å². The standard InChI is InChI=1S/C20H28FN3O4/c1-27-15-5-8-23(9-6-15)19(25)12-18-20(26)22-7-10-24(18)13-14-3-4-16(28-2)11-17(14)21/h3-4,11,15,18H,5-10,12-13H2,1-2H3,(H,22,26). The number of halogens is 1. The number of amides is 2. The zero-order valence-corrected chi connectivity index (χ0v) is 16.4. The molecule has 154 valence electrons. The van der Waals surface area contributed by atoms with Gasteiger partial charge < -0.3 is 19.7 Å². The number of carbonyl (C=O) groups excluding carboxylic acids is 2. The molecule has 0 radical (unpaired) electrons. The monoisotopic (exact) mass is 393 g/mol. The molecule has 2 saturated heterocycles. The topological polar surface area (TPSA) is 71.1 Å². The predicted octanol–water partition coefficient (Wildman–Crippen LogP) is 1.16. The van der Waals surface area contributed by atoms with Crippen LogP contribution in [-0.2, 0) is 20.9 Å². The summed E-state index contributed by atoms with van der Waals surface area (Å²) in [4.78, 5) is 28.9. The summed E-state index contributed by atoms with van der Waals surface area (Å²) in [5.74, 6) is -0.155. The van der Waals surface area contributed by atoms with Crippen molar-refractivity contribution in [3.8, 4) is 5.75 Å². The van der Waals surface area contributed by atoms with Crippen LogP contribution in [0.2, 0.25) is 0 Å². The Balaban J connectivity index is 1.65. The SMILES string of the molecule is COc1ccc(CN2CCNC(=O)C2CC(=O)N2CCC(OC)CC2)c(F)c1. The van der Waals surface area contributed by atoms with Crippen molar-refractivity contribution in [3.05, 3.63) is 29.6 Å². The van der Waals surface area contributed by atoms with Crippen LogP contribution in [0.3, 0.4) is 0 Å². The van der Waals surface area contributed by atoms with E-state index in [1.807, 2.05) is 4.90 Å². The van der Waals surface area contributed by atoms with E-state index in [4.69, 9.17) is 9.47 Å². The van der Waals surface area contributed by atoms with Gasteiger partial charge in [0.1, 0.15) is 11.6 Å². The van der Waals surface area contributed by atoms with E-state index in [2.05, 4.69) is 5.32 Å². The van der Waals surface area contributed by atoms with Gasteiger partial charge in [0.25, 0.3) is 0 Å². The average Bonchev–Trinajstić information content (AvgIpc) is 2.71. The number of hydrogen-bond acceptors (Lipinski definition) is 5. The Labute approximate surface area is 164 Å². The predicted molar refractivity (Wildman–Crippen MR) is 101 cm³/mol. The maximum Gasteiger partial charge on any atom is 0.237 e. The van der Waals surface area contributed by atoms with Gasteiger partial charge in [-0.25, -0.2) is 4.39 Å². The van der Waals surface area contributed by atoms with E-state index in [0.717, 1.165) is 12.8 Å². The minimum absolute atomic E-state index is 0.0446. The lowest BCUT2D eigenvalue weighted by atomic mass is 10.0. The number of methoxy groups -OCH3 is 2.